The van der Waals surface area contributed by atoms with Gasteiger partial charge < -0.3 is 14.6 Å². The Balaban J connectivity index is 2.16. The molecule has 0 radical (unpaired) electrons. The number of methoxy groups -OCH3 is 1. The van der Waals surface area contributed by atoms with Crippen LogP contribution in [0.25, 0.3) is 0 Å². The van der Waals surface area contributed by atoms with Crippen molar-refractivity contribution < 1.29 is 19.0 Å². The molecule has 0 saturated carbocycles. The molecule has 1 aromatic carbocycles. The molecule has 17 heavy (non-hydrogen) atoms. The molecule has 1 saturated heterocycles. The van der Waals surface area contributed by atoms with Crippen LogP contribution in [0.4, 0.5) is 4.39 Å². The van der Waals surface area contributed by atoms with Crippen molar-refractivity contribution >= 4 is 0 Å². The van der Waals surface area contributed by atoms with Gasteiger partial charge in [0.2, 0.25) is 0 Å². The van der Waals surface area contributed by atoms with E-state index in [1.807, 2.05) is 6.92 Å². The van der Waals surface area contributed by atoms with Crippen LogP contribution in [-0.4, -0.2) is 24.9 Å². The van der Waals surface area contributed by atoms with E-state index in [1.165, 1.54) is 13.2 Å². The third-order valence-corrected chi connectivity index (χ3v) is 3.20. The minimum Gasteiger partial charge on any atom is -0.497 e. The van der Waals surface area contributed by atoms with Crippen molar-refractivity contribution in [3.63, 3.8) is 0 Å². The third-order valence-electron chi connectivity index (χ3n) is 3.20. The minimum absolute atomic E-state index is 0.0344. The molecule has 0 aromatic heterocycles. The number of rotatable bonds is 3. The molecule has 0 bridgehead atoms. The molecule has 0 spiro atoms. The Kier molecular flexibility index (Phi) is 3.64. The van der Waals surface area contributed by atoms with Gasteiger partial charge in [-0.3, -0.25) is 0 Å². The lowest BCUT2D eigenvalue weighted by Gasteiger charge is -2.18. The van der Waals surface area contributed by atoms with Crippen molar-refractivity contribution in [2.24, 2.45) is 5.92 Å². The number of halogens is 1. The lowest BCUT2D eigenvalue weighted by Crippen LogP contribution is -2.14. The molecule has 3 atom stereocenters. The first-order valence-corrected chi connectivity index (χ1v) is 5.75. The predicted octanol–water partition coefficient (Wildman–Crippen LogP) is 2.29. The Hall–Kier alpha value is -1.13. The van der Waals surface area contributed by atoms with Crippen LogP contribution in [0.3, 0.4) is 0 Å². The highest BCUT2D eigenvalue weighted by Crippen LogP contribution is 2.33. The van der Waals surface area contributed by atoms with E-state index in [4.69, 9.17) is 9.47 Å². The fourth-order valence-corrected chi connectivity index (χ4v) is 2.20. The van der Waals surface area contributed by atoms with Gasteiger partial charge in [0.1, 0.15) is 11.6 Å². The highest BCUT2D eigenvalue weighted by molar-refractivity contribution is 5.30. The zero-order chi connectivity index (χ0) is 12.4. The highest BCUT2D eigenvalue weighted by Gasteiger charge is 2.30. The monoisotopic (exact) mass is 240 g/mol. The molecule has 2 rings (SSSR count). The molecule has 0 amide bonds. The Morgan fingerprint density at radius 1 is 1.53 bits per heavy atom. The number of ether oxygens (including phenoxy) is 2. The second-order valence-electron chi connectivity index (χ2n) is 4.47. The molecule has 0 aliphatic carbocycles. The maximum atomic E-state index is 13.8. The second-order valence-corrected chi connectivity index (χ2v) is 4.47. The zero-order valence-corrected chi connectivity index (χ0v) is 10.0. The Labute approximate surface area is 100 Å². The Morgan fingerprint density at radius 3 is 2.82 bits per heavy atom. The van der Waals surface area contributed by atoms with Gasteiger partial charge in [0.25, 0.3) is 0 Å². The van der Waals surface area contributed by atoms with Gasteiger partial charge in [0.05, 0.1) is 25.9 Å². The predicted molar refractivity (Wildman–Crippen MR) is 61.4 cm³/mol. The summed E-state index contributed by atoms with van der Waals surface area (Å²) in [7, 11) is 1.48. The van der Waals surface area contributed by atoms with Crippen molar-refractivity contribution in [2.45, 2.75) is 25.6 Å². The molecule has 1 fully saturated rings. The van der Waals surface area contributed by atoms with Crippen LogP contribution in [0.2, 0.25) is 0 Å². The van der Waals surface area contributed by atoms with E-state index in [0.717, 1.165) is 6.42 Å². The third kappa shape index (κ3) is 2.58. The normalized spacial score (nSPS) is 25.9. The standard InChI is InChI=1S/C13H17FO3/c1-8-5-9(7-17-8)13(15)11-4-3-10(16-2)6-12(11)14/h3-4,6,8-9,13,15H,5,7H2,1-2H3. The van der Waals surface area contributed by atoms with Crippen LogP contribution in [0, 0.1) is 11.7 Å². The fraction of sp³-hybridized carbons (Fsp3) is 0.538. The van der Waals surface area contributed by atoms with E-state index in [2.05, 4.69) is 0 Å². The lowest BCUT2D eigenvalue weighted by molar-refractivity contribution is 0.0784. The van der Waals surface area contributed by atoms with E-state index in [-0.39, 0.29) is 12.0 Å². The SMILES string of the molecule is COc1ccc(C(O)C2COC(C)C2)c(F)c1. The zero-order valence-electron chi connectivity index (χ0n) is 10.0. The van der Waals surface area contributed by atoms with E-state index >= 15 is 0 Å². The quantitative estimate of drug-likeness (QED) is 0.881. The summed E-state index contributed by atoms with van der Waals surface area (Å²) in [5.41, 5.74) is 0.313. The molecule has 1 aliphatic heterocycles. The van der Waals surface area contributed by atoms with Gasteiger partial charge in [-0.2, -0.15) is 0 Å². The van der Waals surface area contributed by atoms with Gasteiger partial charge in [-0.1, -0.05) is 0 Å². The first kappa shape index (κ1) is 12.3. The van der Waals surface area contributed by atoms with Crippen LogP contribution < -0.4 is 4.74 Å². The average molecular weight is 240 g/mol. The van der Waals surface area contributed by atoms with Crippen LogP contribution in [0.5, 0.6) is 5.75 Å². The second kappa shape index (κ2) is 5.02. The Morgan fingerprint density at radius 2 is 2.29 bits per heavy atom. The maximum Gasteiger partial charge on any atom is 0.132 e. The number of aliphatic hydroxyl groups is 1. The Bertz CT molecular complexity index is 394. The van der Waals surface area contributed by atoms with Crippen LogP contribution >= 0.6 is 0 Å². The van der Waals surface area contributed by atoms with E-state index in [0.29, 0.717) is 17.9 Å². The summed E-state index contributed by atoms with van der Waals surface area (Å²) < 4.78 is 24.1. The summed E-state index contributed by atoms with van der Waals surface area (Å²) in [5.74, 6) is -0.0150. The van der Waals surface area contributed by atoms with Crippen molar-refractivity contribution in [3.05, 3.63) is 29.6 Å². The fourth-order valence-electron chi connectivity index (χ4n) is 2.20. The lowest BCUT2D eigenvalue weighted by atomic mass is 9.93. The van der Waals surface area contributed by atoms with Crippen molar-refractivity contribution in [3.8, 4) is 5.75 Å². The molecule has 3 nitrogen and oxygen atoms in total. The summed E-state index contributed by atoms with van der Waals surface area (Å²) >= 11 is 0. The molecule has 3 unspecified atom stereocenters. The number of aliphatic hydroxyl groups excluding tert-OH is 1. The molecule has 4 heteroatoms. The topological polar surface area (TPSA) is 38.7 Å². The molecule has 1 N–H and O–H groups in total. The minimum atomic E-state index is -0.814. The largest absolute Gasteiger partial charge is 0.497 e. The van der Waals surface area contributed by atoms with Crippen molar-refractivity contribution in [2.75, 3.05) is 13.7 Å². The van der Waals surface area contributed by atoms with Crippen LogP contribution in [0.1, 0.15) is 25.0 Å². The first-order valence-electron chi connectivity index (χ1n) is 5.75. The molecule has 1 heterocycles. The maximum absolute atomic E-state index is 13.8. The molecular formula is C13H17FO3. The summed E-state index contributed by atoms with van der Waals surface area (Å²) in [6, 6.07) is 4.51. The summed E-state index contributed by atoms with van der Waals surface area (Å²) in [5, 5.41) is 10.1. The molecule has 1 aromatic rings. The molecule has 1 aliphatic rings. The average Bonchev–Trinajstić information content (AvgIpc) is 2.75. The summed E-state index contributed by atoms with van der Waals surface area (Å²) in [4.78, 5) is 0. The smallest absolute Gasteiger partial charge is 0.132 e. The van der Waals surface area contributed by atoms with Gasteiger partial charge in [0.15, 0.2) is 0 Å². The van der Waals surface area contributed by atoms with Gasteiger partial charge in [-0.25, -0.2) is 4.39 Å². The highest BCUT2D eigenvalue weighted by atomic mass is 19.1. The number of hydrogen-bond acceptors (Lipinski definition) is 3. The molecule has 94 valence electrons. The van der Waals surface area contributed by atoms with Gasteiger partial charge in [-0.05, 0) is 25.5 Å². The number of hydrogen-bond donors (Lipinski definition) is 1. The van der Waals surface area contributed by atoms with Gasteiger partial charge >= 0.3 is 0 Å². The van der Waals surface area contributed by atoms with E-state index in [1.54, 1.807) is 12.1 Å². The molecular weight excluding hydrogens is 223 g/mol. The van der Waals surface area contributed by atoms with Crippen molar-refractivity contribution in [1.29, 1.82) is 0 Å². The first-order chi connectivity index (χ1) is 8.11. The number of benzene rings is 1. The van der Waals surface area contributed by atoms with Crippen molar-refractivity contribution in [1.82, 2.24) is 0 Å². The van der Waals surface area contributed by atoms with E-state index in [9.17, 15) is 9.50 Å². The van der Waals surface area contributed by atoms with Gasteiger partial charge in [0, 0.05) is 17.5 Å². The van der Waals surface area contributed by atoms with Crippen LogP contribution in [0.15, 0.2) is 18.2 Å². The van der Waals surface area contributed by atoms with E-state index < -0.39 is 11.9 Å². The van der Waals surface area contributed by atoms with Crippen LogP contribution in [-0.2, 0) is 4.74 Å². The van der Waals surface area contributed by atoms with Gasteiger partial charge in [-0.15, -0.1) is 0 Å². The summed E-state index contributed by atoms with van der Waals surface area (Å²) in [6.07, 6.45) is 0.0777. The summed E-state index contributed by atoms with van der Waals surface area (Å²) in [6.45, 7) is 2.44.